The fraction of sp³-hybridized carbons (Fsp3) is 0.440. The molecule has 188 valence electrons. The lowest BCUT2D eigenvalue weighted by Gasteiger charge is -2.24. The molecule has 9 nitrogen and oxygen atoms in total. The number of nitrogens with zero attached hydrogens (tertiary/aromatic N) is 1. The summed E-state index contributed by atoms with van der Waals surface area (Å²) >= 11 is 0. The number of nitrogens with one attached hydrogen (secondary N) is 3. The van der Waals surface area contributed by atoms with Gasteiger partial charge in [-0.2, -0.15) is 0 Å². The molecule has 0 fully saturated rings. The number of aryl methyl sites for hydroxylation is 1. The van der Waals surface area contributed by atoms with Crippen molar-refractivity contribution >= 4 is 24.8 Å². The lowest BCUT2D eigenvalue weighted by Crippen LogP contribution is -2.57. The zero-order valence-electron chi connectivity index (χ0n) is 20.5. The van der Waals surface area contributed by atoms with Crippen LogP contribution in [0.15, 0.2) is 48.7 Å². The van der Waals surface area contributed by atoms with Gasteiger partial charge in [0.15, 0.2) is 0 Å². The third-order valence-corrected chi connectivity index (χ3v) is 5.43. The second-order valence-electron chi connectivity index (χ2n) is 8.91. The Hall–Kier alpha value is -3.24. The van der Waals surface area contributed by atoms with E-state index in [9.17, 15) is 24.4 Å². The largest absolute Gasteiger partial charge is 0.475 e. The van der Waals surface area contributed by atoms with Gasteiger partial charge in [0.05, 0.1) is 5.94 Å². The van der Waals surface area contributed by atoms with E-state index in [1.807, 2.05) is 26.0 Å². The molecule has 0 aliphatic heterocycles. The average molecular weight is 482 g/mol. The molecule has 2 atom stereocenters. The van der Waals surface area contributed by atoms with E-state index < -0.39 is 36.8 Å². The molecule has 0 saturated carbocycles. The first-order chi connectivity index (χ1) is 16.7. The fourth-order valence-electron chi connectivity index (χ4n) is 3.48. The first-order valence-electron chi connectivity index (χ1n) is 12.0. The summed E-state index contributed by atoms with van der Waals surface area (Å²) in [4.78, 5) is 42.3. The molecule has 0 saturated heterocycles. The number of benzene rings is 1. The SMILES string of the molecule is CCCCc1ccc(C(=O)N[C@@H](CNC(=O)c2ccccn2)C(=O)N[C@@H](CC(C)C)B(O)O)cc1. The molecule has 0 aliphatic carbocycles. The molecule has 2 rings (SSSR count). The molecule has 3 amide bonds. The highest BCUT2D eigenvalue weighted by Crippen LogP contribution is 2.09. The number of rotatable bonds is 13. The first-order valence-corrected chi connectivity index (χ1v) is 12.0. The molecule has 1 heterocycles. The van der Waals surface area contributed by atoms with Crippen LogP contribution in [0.3, 0.4) is 0 Å². The normalized spacial score (nSPS) is 12.5. The van der Waals surface area contributed by atoms with Crippen LogP contribution < -0.4 is 16.0 Å². The van der Waals surface area contributed by atoms with Crippen molar-refractivity contribution in [3.63, 3.8) is 0 Å². The molecular weight excluding hydrogens is 447 g/mol. The molecule has 1 aromatic heterocycles. The molecule has 0 spiro atoms. The predicted molar refractivity (Wildman–Crippen MR) is 134 cm³/mol. The maximum absolute atomic E-state index is 13.0. The second-order valence-corrected chi connectivity index (χ2v) is 8.91. The maximum Gasteiger partial charge on any atom is 0.475 e. The maximum atomic E-state index is 13.0. The predicted octanol–water partition coefficient (Wildman–Crippen LogP) is 1.50. The number of amides is 3. The minimum atomic E-state index is -1.77. The van der Waals surface area contributed by atoms with Crippen LogP contribution in [0.5, 0.6) is 0 Å². The lowest BCUT2D eigenvalue weighted by molar-refractivity contribution is -0.123. The summed E-state index contributed by atoms with van der Waals surface area (Å²) in [7, 11) is -1.77. The Balaban J connectivity index is 2.14. The molecule has 0 aliphatic rings. The van der Waals surface area contributed by atoms with E-state index >= 15 is 0 Å². The minimum Gasteiger partial charge on any atom is -0.426 e. The Labute approximate surface area is 206 Å². The van der Waals surface area contributed by atoms with E-state index in [1.54, 1.807) is 24.3 Å². The van der Waals surface area contributed by atoms with Crippen LogP contribution in [-0.4, -0.2) is 58.4 Å². The van der Waals surface area contributed by atoms with Gasteiger partial charge in [-0.3, -0.25) is 19.4 Å². The van der Waals surface area contributed by atoms with E-state index in [2.05, 4.69) is 27.9 Å². The number of carbonyl (C=O) groups is 3. The van der Waals surface area contributed by atoms with Gasteiger partial charge in [0.2, 0.25) is 5.91 Å². The highest BCUT2D eigenvalue weighted by atomic mass is 16.4. The molecule has 35 heavy (non-hydrogen) atoms. The summed E-state index contributed by atoms with van der Waals surface area (Å²) < 4.78 is 0. The van der Waals surface area contributed by atoms with E-state index in [-0.39, 0.29) is 18.2 Å². The number of unbranched alkanes of at least 4 members (excludes halogenated alkanes) is 1. The van der Waals surface area contributed by atoms with Crippen LogP contribution in [0.2, 0.25) is 0 Å². The summed E-state index contributed by atoms with van der Waals surface area (Å²) in [6.07, 6.45) is 4.85. The molecular formula is C25H35BN4O5. The van der Waals surface area contributed by atoms with Gasteiger partial charge in [-0.05, 0) is 55.0 Å². The average Bonchev–Trinajstić information content (AvgIpc) is 2.84. The summed E-state index contributed by atoms with van der Waals surface area (Å²) in [5.74, 6) is -2.46. The monoisotopic (exact) mass is 482 g/mol. The van der Waals surface area contributed by atoms with Crippen molar-refractivity contribution in [2.24, 2.45) is 5.92 Å². The van der Waals surface area contributed by atoms with Crippen molar-refractivity contribution < 1.29 is 24.4 Å². The zero-order valence-corrected chi connectivity index (χ0v) is 20.5. The van der Waals surface area contributed by atoms with E-state index in [0.29, 0.717) is 12.0 Å². The Morgan fingerprint density at radius 3 is 2.29 bits per heavy atom. The van der Waals surface area contributed by atoms with Gasteiger partial charge in [0, 0.05) is 18.3 Å². The zero-order chi connectivity index (χ0) is 25.8. The van der Waals surface area contributed by atoms with Gasteiger partial charge in [0.25, 0.3) is 11.8 Å². The molecule has 2 aromatic rings. The Bertz CT molecular complexity index is 954. The van der Waals surface area contributed by atoms with Crippen molar-refractivity contribution in [2.75, 3.05) is 6.54 Å². The third-order valence-electron chi connectivity index (χ3n) is 5.43. The number of pyridine rings is 1. The molecule has 1 aromatic carbocycles. The van der Waals surface area contributed by atoms with Crippen LogP contribution >= 0.6 is 0 Å². The minimum absolute atomic E-state index is 0.0882. The second kappa shape index (κ2) is 14.2. The molecule has 10 heteroatoms. The van der Waals surface area contributed by atoms with Crippen molar-refractivity contribution in [1.29, 1.82) is 0 Å². The standard InChI is InChI=1S/C25H35BN4O5/c1-4-5-8-18-10-12-19(13-11-18)23(31)29-21(16-28-24(32)20-9-6-7-14-27-20)25(33)30-22(26(34)35)15-17(2)3/h6-7,9-14,17,21-22,34-35H,4-5,8,15-16H2,1-3H3,(H,28,32)(H,29,31)(H,30,33)/t21-,22-/m0/s1. The summed E-state index contributed by atoms with van der Waals surface area (Å²) in [5.41, 5.74) is 1.66. The van der Waals surface area contributed by atoms with E-state index in [0.717, 1.165) is 24.8 Å². The van der Waals surface area contributed by atoms with Gasteiger partial charge in [0.1, 0.15) is 11.7 Å². The van der Waals surface area contributed by atoms with Crippen LogP contribution in [-0.2, 0) is 11.2 Å². The third kappa shape index (κ3) is 9.50. The van der Waals surface area contributed by atoms with Crippen LogP contribution in [0.1, 0.15) is 66.4 Å². The van der Waals surface area contributed by atoms with Crippen molar-refractivity contribution in [2.45, 2.75) is 58.4 Å². The number of hydrogen-bond acceptors (Lipinski definition) is 6. The van der Waals surface area contributed by atoms with Gasteiger partial charge >= 0.3 is 7.12 Å². The van der Waals surface area contributed by atoms with Crippen LogP contribution in [0, 0.1) is 5.92 Å². The van der Waals surface area contributed by atoms with Gasteiger partial charge < -0.3 is 26.0 Å². The van der Waals surface area contributed by atoms with E-state index in [4.69, 9.17) is 0 Å². The number of carbonyl (C=O) groups excluding carboxylic acids is 3. The molecule has 0 unspecified atom stereocenters. The van der Waals surface area contributed by atoms with E-state index in [1.165, 1.54) is 12.3 Å². The number of hydrogen-bond donors (Lipinski definition) is 5. The fourth-order valence-corrected chi connectivity index (χ4v) is 3.48. The molecule has 0 bridgehead atoms. The summed E-state index contributed by atoms with van der Waals surface area (Å²) in [6.45, 7) is 5.68. The highest BCUT2D eigenvalue weighted by molar-refractivity contribution is 6.43. The summed E-state index contributed by atoms with van der Waals surface area (Å²) in [6, 6.07) is 10.9. The van der Waals surface area contributed by atoms with Crippen LogP contribution in [0.4, 0.5) is 0 Å². The molecule has 0 radical (unpaired) electrons. The number of aromatic nitrogens is 1. The topological polar surface area (TPSA) is 141 Å². The van der Waals surface area contributed by atoms with Crippen molar-refractivity contribution in [1.82, 2.24) is 20.9 Å². The summed E-state index contributed by atoms with van der Waals surface area (Å²) in [5, 5.41) is 27.2. The Kier molecular flexibility index (Phi) is 11.4. The Morgan fingerprint density at radius 2 is 1.71 bits per heavy atom. The lowest BCUT2D eigenvalue weighted by atomic mass is 9.75. The van der Waals surface area contributed by atoms with Gasteiger partial charge in [-0.15, -0.1) is 0 Å². The van der Waals surface area contributed by atoms with Gasteiger partial charge in [-0.1, -0.05) is 45.4 Å². The van der Waals surface area contributed by atoms with Crippen molar-refractivity contribution in [3.05, 3.63) is 65.5 Å². The highest BCUT2D eigenvalue weighted by Gasteiger charge is 2.30. The smallest absolute Gasteiger partial charge is 0.426 e. The quantitative estimate of drug-likeness (QED) is 0.274. The van der Waals surface area contributed by atoms with Gasteiger partial charge in [-0.25, -0.2) is 0 Å². The Morgan fingerprint density at radius 1 is 1.00 bits per heavy atom. The van der Waals surface area contributed by atoms with Crippen molar-refractivity contribution in [3.8, 4) is 0 Å². The first kappa shape index (κ1) is 28.0. The van der Waals surface area contributed by atoms with Crippen LogP contribution in [0.25, 0.3) is 0 Å². The molecule has 5 N–H and O–H groups in total.